The molecule has 0 spiro atoms. The maximum atomic E-state index is 12.1. The van der Waals surface area contributed by atoms with Gasteiger partial charge in [-0.2, -0.15) is 5.10 Å². The van der Waals surface area contributed by atoms with Crippen LogP contribution < -0.4 is 5.32 Å². The van der Waals surface area contributed by atoms with Gasteiger partial charge in [0.15, 0.2) is 0 Å². The lowest BCUT2D eigenvalue weighted by molar-refractivity contribution is -0.136. The Labute approximate surface area is 116 Å². The first-order valence-electron chi connectivity index (χ1n) is 6.08. The number of aryl methyl sites for hydroxylation is 2. The maximum absolute atomic E-state index is 12.1. The van der Waals surface area contributed by atoms with Gasteiger partial charge in [0.2, 0.25) is 0 Å². The number of carbonyl (C=O) groups excluding carboxylic acids is 1. The van der Waals surface area contributed by atoms with Gasteiger partial charge >= 0.3 is 5.97 Å². The van der Waals surface area contributed by atoms with Gasteiger partial charge in [-0.15, -0.1) is 0 Å². The van der Waals surface area contributed by atoms with Gasteiger partial charge in [-0.1, -0.05) is 12.1 Å². The number of hydrogen-bond donors (Lipinski definition) is 2. The number of nitrogens with one attached hydrogen (secondary N) is 1. The van der Waals surface area contributed by atoms with Crippen LogP contribution in [0.3, 0.4) is 0 Å². The third kappa shape index (κ3) is 3.23. The van der Waals surface area contributed by atoms with Crippen LogP contribution >= 0.6 is 0 Å². The molecule has 2 aromatic rings. The molecule has 2 N–H and O–H groups in total. The Morgan fingerprint density at radius 3 is 2.45 bits per heavy atom. The van der Waals surface area contributed by atoms with Crippen LogP contribution in [-0.2, 0) is 18.3 Å². The Hall–Kier alpha value is -2.63. The molecule has 0 saturated heterocycles. The molecule has 1 amide bonds. The molecule has 0 bridgehead atoms. The number of carboxylic acid groups (broad SMARTS) is 1. The van der Waals surface area contributed by atoms with Gasteiger partial charge in [-0.3, -0.25) is 14.3 Å². The van der Waals surface area contributed by atoms with Crippen LogP contribution in [0.15, 0.2) is 30.5 Å². The molecule has 0 aliphatic heterocycles. The Morgan fingerprint density at radius 2 is 1.95 bits per heavy atom. The first kappa shape index (κ1) is 13.8. The van der Waals surface area contributed by atoms with E-state index in [-0.39, 0.29) is 12.3 Å². The number of amides is 1. The summed E-state index contributed by atoms with van der Waals surface area (Å²) in [4.78, 5) is 22.6. The standard InChI is InChI=1S/C14H15N3O3/c1-9-12(8-17(2)16-9)14(20)15-11-5-3-10(4-6-11)7-13(18)19/h3-6,8H,7H2,1-2H3,(H,15,20)(H,18,19). The average molecular weight is 273 g/mol. The molecule has 0 unspecified atom stereocenters. The van der Waals surface area contributed by atoms with Gasteiger partial charge in [0.1, 0.15) is 0 Å². The third-order valence-corrected chi connectivity index (χ3v) is 2.83. The van der Waals surface area contributed by atoms with E-state index >= 15 is 0 Å². The van der Waals surface area contributed by atoms with Gasteiger partial charge in [0.25, 0.3) is 5.91 Å². The molecule has 20 heavy (non-hydrogen) atoms. The second kappa shape index (κ2) is 5.56. The molecule has 0 fully saturated rings. The minimum Gasteiger partial charge on any atom is -0.481 e. The molecule has 0 aliphatic rings. The van der Waals surface area contributed by atoms with Crippen LogP contribution in [-0.4, -0.2) is 26.8 Å². The largest absolute Gasteiger partial charge is 0.481 e. The fraction of sp³-hybridized carbons (Fsp3) is 0.214. The summed E-state index contributed by atoms with van der Waals surface area (Å²) in [5, 5.41) is 15.5. The zero-order valence-electron chi connectivity index (χ0n) is 11.3. The molecule has 1 aromatic heterocycles. The SMILES string of the molecule is Cc1nn(C)cc1C(=O)Nc1ccc(CC(=O)O)cc1. The number of carbonyl (C=O) groups is 2. The molecule has 1 aromatic carbocycles. The first-order chi connectivity index (χ1) is 9.45. The van der Waals surface area contributed by atoms with Crippen LogP contribution in [0, 0.1) is 6.92 Å². The van der Waals surface area contributed by atoms with E-state index in [1.54, 1.807) is 49.1 Å². The van der Waals surface area contributed by atoms with Crippen LogP contribution in [0.4, 0.5) is 5.69 Å². The van der Waals surface area contributed by atoms with E-state index in [2.05, 4.69) is 10.4 Å². The molecule has 0 saturated carbocycles. The van der Waals surface area contributed by atoms with Gasteiger partial charge in [0, 0.05) is 18.9 Å². The zero-order chi connectivity index (χ0) is 14.7. The number of anilines is 1. The maximum Gasteiger partial charge on any atom is 0.307 e. The highest BCUT2D eigenvalue weighted by Gasteiger charge is 2.12. The van der Waals surface area contributed by atoms with Crippen molar-refractivity contribution >= 4 is 17.6 Å². The summed E-state index contributed by atoms with van der Waals surface area (Å²) in [6.45, 7) is 1.77. The number of hydrogen-bond acceptors (Lipinski definition) is 3. The van der Waals surface area contributed by atoms with Crippen LogP contribution in [0.25, 0.3) is 0 Å². The van der Waals surface area contributed by atoms with Gasteiger partial charge < -0.3 is 10.4 Å². The fourth-order valence-electron chi connectivity index (χ4n) is 1.90. The number of nitrogens with zero attached hydrogens (tertiary/aromatic N) is 2. The number of aromatic nitrogens is 2. The summed E-state index contributed by atoms with van der Waals surface area (Å²) in [5.74, 6) is -1.12. The molecule has 0 atom stereocenters. The molecular formula is C14H15N3O3. The van der Waals surface area contributed by atoms with Gasteiger partial charge in [-0.25, -0.2) is 0 Å². The number of carboxylic acids is 1. The van der Waals surface area contributed by atoms with Crippen molar-refractivity contribution in [2.75, 3.05) is 5.32 Å². The molecule has 2 rings (SSSR count). The first-order valence-corrected chi connectivity index (χ1v) is 6.08. The summed E-state index contributed by atoms with van der Waals surface area (Å²) in [7, 11) is 1.75. The smallest absolute Gasteiger partial charge is 0.307 e. The number of benzene rings is 1. The summed E-state index contributed by atoms with van der Waals surface area (Å²) in [5.41, 5.74) is 2.48. The summed E-state index contributed by atoms with van der Waals surface area (Å²) < 4.78 is 1.58. The predicted octanol–water partition coefficient (Wildman–Crippen LogP) is 1.61. The quantitative estimate of drug-likeness (QED) is 0.886. The fourth-order valence-corrected chi connectivity index (χ4v) is 1.90. The van der Waals surface area contributed by atoms with E-state index in [0.29, 0.717) is 22.5 Å². The molecule has 0 aliphatic carbocycles. The minimum atomic E-state index is -0.882. The monoisotopic (exact) mass is 273 g/mol. The van der Waals surface area contributed by atoms with Crippen molar-refractivity contribution in [2.24, 2.45) is 7.05 Å². The van der Waals surface area contributed by atoms with Crippen LogP contribution in [0.1, 0.15) is 21.6 Å². The van der Waals surface area contributed by atoms with E-state index in [1.165, 1.54) is 0 Å². The predicted molar refractivity (Wildman–Crippen MR) is 73.7 cm³/mol. The molecule has 0 radical (unpaired) electrons. The highest BCUT2D eigenvalue weighted by atomic mass is 16.4. The van der Waals surface area contributed by atoms with Crippen molar-refractivity contribution in [3.05, 3.63) is 47.3 Å². The van der Waals surface area contributed by atoms with Gasteiger partial charge in [-0.05, 0) is 24.6 Å². The third-order valence-electron chi connectivity index (χ3n) is 2.83. The van der Waals surface area contributed by atoms with Crippen molar-refractivity contribution in [2.45, 2.75) is 13.3 Å². The summed E-state index contributed by atoms with van der Waals surface area (Å²) in [6.07, 6.45) is 1.62. The highest BCUT2D eigenvalue weighted by molar-refractivity contribution is 6.04. The second-order valence-electron chi connectivity index (χ2n) is 4.52. The Bertz CT molecular complexity index is 644. The van der Waals surface area contributed by atoms with Crippen molar-refractivity contribution in [3.63, 3.8) is 0 Å². The Balaban J connectivity index is 2.08. The number of aliphatic carboxylic acids is 1. The molecule has 6 nitrogen and oxygen atoms in total. The average Bonchev–Trinajstić information content (AvgIpc) is 2.70. The van der Waals surface area contributed by atoms with Crippen LogP contribution in [0.2, 0.25) is 0 Å². The Morgan fingerprint density at radius 1 is 1.30 bits per heavy atom. The van der Waals surface area contributed by atoms with E-state index in [1.807, 2.05) is 0 Å². The molecule has 104 valence electrons. The normalized spacial score (nSPS) is 10.3. The van der Waals surface area contributed by atoms with Crippen LogP contribution in [0.5, 0.6) is 0 Å². The van der Waals surface area contributed by atoms with E-state index < -0.39 is 5.97 Å². The number of rotatable bonds is 4. The lowest BCUT2D eigenvalue weighted by Gasteiger charge is -2.05. The van der Waals surface area contributed by atoms with E-state index in [9.17, 15) is 9.59 Å². The Kier molecular flexibility index (Phi) is 3.84. The van der Waals surface area contributed by atoms with Crippen molar-refractivity contribution in [3.8, 4) is 0 Å². The van der Waals surface area contributed by atoms with E-state index in [4.69, 9.17) is 5.11 Å². The van der Waals surface area contributed by atoms with Gasteiger partial charge in [0.05, 0.1) is 17.7 Å². The lowest BCUT2D eigenvalue weighted by Crippen LogP contribution is -2.12. The topological polar surface area (TPSA) is 84.2 Å². The van der Waals surface area contributed by atoms with Crippen molar-refractivity contribution < 1.29 is 14.7 Å². The second-order valence-corrected chi connectivity index (χ2v) is 4.52. The minimum absolute atomic E-state index is 0.0318. The molecule has 1 heterocycles. The molecule has 6 heteroatoms. The molecular weight excluding hydrogens is 258 g/mol. The highest BCUT2D eigenvalue weighted by Crippen LogP contribution is 2.13. The van der Waals surface area contributed by atoms with Crippen molar-refractivity contribution in [1.82, 2.24) is 9.78 Å². The van der Waals surface area contributed by atoms with Crippen molar-refractivity contribution in [1.29, 1.82) is 0 Å². The summed E-state index contributed by atoms with van der Waals surface area (Å²) >= 11 is 0. The summed E-state index contributed by atoms with van der Waals surface area (Å²) in [6, 6.07) is 6.73. The lowest BCUT2D eigenvalue weighted by atomic mass is 10.1. The van der Waals surface area contributed by atoms with E-state index in [0.717, 1.165) is 0 Å². The zero-order valence-corrected chi connectivity index (χ0v) is 11.3.